The Morgan fingerprint density at radius 3 is 2.11 bits per heavy atom. The molecule has 0 aromatic heterocycles. The highest BCUT2D eigenvalue weighted by Crippen LogP contribution is 2.45. The summed E-state index contributed by atoms with van der Waals surface area (Å²) < 4.78 is 12.1. The van der Waals surface area contributed by atoms with Crippen molar-refractivity contribution in [2.45, 2.75) is 71.1 Å². The van der Waals surface area contributed by atoms with Gasteiger partial charge in [0.2, 0.25) is 0 Å². The van der Waals surface area contributed by atoms with Gasteiger partial charge >= 0.3 is 0 Å². The van der Waals surface area contributed by atoms with E-state index in [2.05, 4.69) is 6.92 Å². The second kappa shape index (κ2) is 5.68. The van der Waals surface area contributed by atoms with Crippen molar-refractivity contribution < 1.29 is 19.7 Å². The Kier molecular flexibility index (Phi) is 4.56. The van der Waals surface area contributed by atoms with Crippen LogP contribution in [-0.4, -0.2) is 40.9 Å². The average molecular weight is 272 g/mol. The van der Waals surface area contributed by atoms with Gasteiger partial charge in [0.25, 0.3) is 0 Å². The normalized spacial score (nSPS) is 52.1. The van der Waals surface area contributed by atoms with Gasteiger partial charge in [0.15, 0.2) is 5.79 Å². The standard InChI is InChI=1S/C15H28O4/c1-9-5-10(2)14(17)15(13(6-9)8-16)18-11(3)7-12(4)19-15/h9-14,16-17H,5-8H2,1-4H3/t9-,10+,11-,12+,13+,14+,15?/m0/s1. The van der Waals surface area contributed by atoms with Crippen LogP contribution in [0.4, 0.5) is 0 Å². The van der Waals surface area contributed by atoms with Gasteiger partial charge in [-0.2, -0.15) is 0 Å². The van der Waals surface area contributed by atoms with Crippen molar-refractivity contribution in [2.24, 2.45) is 17.8 Å². The quantitative estimate of drug-likeness (QED) is 0.766. The van der Waals surface area contributed by atoms with Crippen LogP contribution in [0, 0.1) is 17.8 Å². The van der Waals surface area contributed by atoms with Crippen LogP contribution in [0.25, 0.3) is 0 Å². The molecule has 0 bridgehead atoms. The first kappa shape index (κ1) is 15.2. The van der Waals surface area contributed by atoms with E-state index < -0.39 is 11.9 Å². The minimum atomic E-state index is -1.03. The highest BCUT2D eigenvalue weighted by atomic mass is 16.7. The maximum atomic E-state index is 10.7. The smallest absolute Gasteiger partial charge is 0.200 e. The summed E-state index contributed by atoms with van der Waals surface area (Å²) in [5.41, 5.74) is 0. The predicted octanol–water partition coefficient (Wildman–Crippen LogP) is 1.93. The second-order valence-electron chi connectivity index (χ2n) is 6.69. The summed E-state index contributed by atoms with van der Waals surface area (Å²) in [6.07, 6.45) is 2.02. The zero-order valence-electron chi connectivity index (χ0n) is 12.5. The first-order valence-corrected chi connectivity index (χ1v) is 7.53. The number of aliphatic hydroxyl groups excluding tert-OH is 2. The summed E-state index contributed by atoms with van der Waals surface area (Å²) in [7, 11) is 0. The van der Waals surface area contributed by atoms with Crippen LogP contribution in [0.5, 0.6) is 0 Å². The molecule has 4 heteroatoms. The third kappa shape index (κ3) is 2.82. The minimum absolute atomic E-state index is 0.00639. The predicted molar refractivity (Wildman–Crippen MR) is 72.6 cm³/mol. The Labute approximate surface area is 116 Å². The summed E-state index contributed by atoms with van der Waals surface area (Å²) in [5.74, 6) is -0.617. The van der Waals surface area contributed by atoms with Crippen LogP contribution < -0.4 is 0 Å². The van der Waals surface area contributed by atoms with E-state index >= 15 is 0 Å². The molecule has 1 saturated carbocycles. The van der Waals surface area contributed by atoms with Crippen molar-refractivity contribution in [1.82, 2.24) is 0 Å². The molecule has 2 fully saturated rings. The van der Waals surface area contributed by atoms with Crippen molar-refractivity contribution in [3.05, 3.63) is 0 Å². The number of ether oxygens (including phenoxy) is 2. The van der Waals surface area contributed by atoms with Gasteiger partial charge in [0.1, 0.15) is 6.10 Å². The van der Waals surface area contributed by atoms with Gasteiger partial charge in [-0.25, -0.2) is 0 Å². The maximum absolute atomic E-state index is 10.7. The molecule has 2 aliphatic rings. The van der Waals surface area contributed by atoms with Gasteiger partial charge in [-0.15, -0.1) is 0 Å². The van der Waals surface area contributed by atoms with Gasteiger partial charge in [-0.1, -0.05) is 13.8 Å². The first-order valence-electron chi connectivity index (χ1n) is 7.53. The molecule has 2 N–H and O–H groups in total. The van der Waals surface area contributed by atoms with Crippen LogP contribution in [0.15, 0.2) is 0 Å². The SMILES string of the molecule is C[C@@H]1C[C@H](CO)C2(O[C@H](C)C[C@H](C)O2)[C@H](O)[C@H](C)C1. The Bertz CT molecular complexity index is 297. The van der Waals surface area contributed by atoms with Crippen LogP contribution >= 0.6 is 0 Å². The van der Waals surface area contributed by atoms with Crippen LogP contribution in [0.1, 0.15) is 47.0 Å². The summed E-state index contributed by atoms with van der Waals surface area (Å²) in [6.45, 7) is 8.23. The fraction of sp³-hybridized carbons (Fsp3) is 1.00. The van der Waals surface area contributed by atoms with Crippen molar-refractivity contribution in [2.75, 3.05) is 6.61 Å². The average Bonchev–Trinajstić information content (AvgIpc) is 2.39. The lowest BCUT2D eigenvalue weighted by molar-refractivity contribution is -0.373. The van der Waals surface area contributed by atoms with Crippen molar-refractivity contribution in [1.29, 1.82) is 0 Å². The molecule has 1 aliphatic carbocycles. The van der Waals surface area contributed by atoms with Gasteiger partial charge in [-0.3, -0.25) is 0 Å². The molecule has 0 aromatic carbocycles. The summed E-state index contributed by atoms with van der Waals surface area (Å²) in [4.78, 5) is 0. The molecular weight excluding hydrogens is 244 g/mol. The molecule has 1 saturated heterocycles. The Balaban J connectivity index is 2.35. The highest BCUT2D eigenvalue weighted by molar-refractivity contribution is 4.96. The molecule has 1 heterocycles. The monoisotopic (exact) mass is 272 g/mol. The summed E-state index contributed by atoms with van der Waals surface area (Å²) in [6, 6.07) is 0. The zero-order valence-corrected chi connectivity index (χ0v) is 12.5. The van der Waals surface area contributed by atoms with Crippen molar-refractivity contribution in [3.8, 4) is 0 Å². The van der Waals surface area contributed by atoms with E-state index in [1.165, 1.54) is 0 Å². The lowest BCUT2D eigenvalue weighted by Gasteiger charge is -2.49. The van der Waals surface area contributed by atoms with Crippen LogP contribution in [0.2, 0.25) is 0 Å². The third-order valence-corrected chi connectivity index (χ3v) is 4.64. The highest BCUT2D eigenvalue weighted by Gasteiger charge is 2.55. The van der Waals surface area contributed by atoms with Gasteiger partial charge < -0.3 is 19.7 Å². The topological polar surface area (TPSA) is 58.9 Å². The minimum Gasteiger partial charge on any atom is -0.396 e. The van der Waals surface area contributed by atoms with E-state index in [0.717, 1.165) is 19.3 Å². The molecule has 4 nitrogen and oxygen atoms in total. The molecule has 0 radical (unpaired) electrons. The van der Waals surface area contributed by atoms with E-state index in [4.69, 9.17) is 9.47 Å². The summed E-state index contributed by atoms with van der Waals surface area (Å²) in [5, 5.41) is 20.5. The molecule has 0 amide bonds. The molecule has 7 atom stereocenters. The zero-order chi connectivity index (χ0) is 14.2. The molecule has 19 heavy (non-hydrogen) atoms. The largest absolute Gasteiger partial charge is 0.396 e. The number of rotatable bonds is 1. The lowest BCUT2D eigenvalue weighted by atomic mass is 9.87. The van der Waals surface area contributed by atoms with Gasteiger partial charge in [0.05, 0.1) is 18.8 Å². The molecule has 1 aliphatic heterocycles. The lowest BCUT2D eigenvalue weighted by Crippen LogP contribution is -2.61. The Hall–Kier alpha value is -0.160. The molecule has 1 spiro atoms. The molecule has 0 aromatic rings. The molecule has 2 rings (SSSR count). The second-order valence-corrected chi connectivity index (χ2v) is 6.69. The molecule has 112 valence electrons. The molecular formula is C15H28O4. The Morgan fingerprint density at radius 1 is 1.00 bits per heavy atom. The Morgan fingerprint density at radius 2 is 1.58 bits per heavy atom. The van der Waals surface area contributed by atoms with E-state index in [9.17, 15) is 10.2 Å². The molecule has 1 unspecified atom stereocenters. The van der Waals surface area contributed by atoms with E-state index in [1.54, 1.807) is 0 Å². The summed E-state index contributed by atoms with van der Waals surface area (Å²) >= 11 is 0. The van der Waals surface area contributed by atoms with Crippen molar-refractivity contribution in [3.63, 3.8) is 0 Å². The number of hydrogen-bond donors (Lipinski definition) is 2. The van der Waals surface area contributed by atoms with E-state index in [-0.39, 0.29) is 30.7 Å². The third-order valence-electron chi connectivity index (χ3n) is 4.64. The van der Waals surface area contributed by atoms with Crippen molar-refractivity contribution >= 4 is 0 Å². The van der Waals surface area contributed by atoms with Crippen LogP contribution in [0.3, 0.4) is 0 Å². The fourth-order valence-corrected chi connectivity index (χ4v) is 3.90. The van der Waals surface area contributed by atoms with Gasteiger partial charge in [-0.05, 0) is 44.9 Å². The fourth-order valence-electron chi connectivity index (χ4n) is 3.90. The number of hydrogen-bond acceptors (Lipinski definition) is 4. The van der Waals surface area contributed by atoms with Gasteiger partial charge in [0, 0.05) is 5.92 Å². The maximum Gasteiger partial charge on any atom is 0.200 e. The first-order chi connectivity index (χ1) is 8.89. The van der Waals surface area contributed by atoms with Crippen LogP contribution in [-0.2, 0) is 9.47 Å². The van der Waals surface area contributed by atoms with E-state index in [0.29, 0.717) is 5.92 Å². The number of aliphatic hydroxyl groups is 2. The van der Waals surface area contributed by atoms with E-state index in [1.807, 2.05) is 20.8 Å².